The van der Waals surface area contributed by atoms with Gasteiger partial charge in [0.25, 0.3) is 5.91 Å². The number of esters is 1. The van der Waals surface area contributed by atoms with Crippen molar-refractivity contribution in [2.24, 2.45) is 7.05 Å². The van der Waals surface area contributed by atoms with Crippen molar-refractivity contribution in [1.29, 1.82) is 0 Å². The molecule has 0 fully saturated rings. The Bertz CT molecular complexity index is 1410. The highest BCUT2D eigenvalue weighted by Gasteiger charge is 2.25. The van der Waals surface area contributed by atoms with Crippen LogP contribution in [0, 0.1) is 0 Å². The zero-order valence-electron chi connectivity index (χ0n) is 18.2. The summed E-state index contributed by atoms with van der Waals surface area (Å²) in [5.41, 5.74) is 1.46. The largest absolute Gasteiger partial charge is 0.497 e. The molecule has 0 atom stereocenters. The highest BCUT2D eigenvalue weighted by atomic mass is 32.1. The Balaban J connectivity index is 1.75. The van der Waals surface area contributed by atoms with Gasteiger partial charge in [0.15, 0.2) is 5.69 Å². The van der Waals surface area contributed by atoms with Gasteiger partial charge in [-0.15, -0.1) is 11.3 Å². The molecule has 0 unspecified atom stereocenters. The highest BCUT2D eigenvalue weighted by Crippen LogP contribution is 2.37. The molecular formula is C24H21N3O5S. The Labute approximate surface area is 193 Å². The lowest BCUT2D eigenvalue weighted by molar-refractivity contribution is 0.0529. The molecule has 0 saturated carbocycles. The molecular weight excluding hydrogens is 442 g/mol. The van der Waals surface area contributed by atoms with Crippen LogP contribution in [-0.4, -0.2) is 35.4 Å². The zero-order chi connectivity index (χ0) is 23.5. The summed E-state index contributed by atoms with van der Waals surface area (Å²) in [6.45, 7) is 1.88. The number of aromatic nitrogens is 2. The summed E-state index contributed by atoms with van der Waals surface area (Å²) in [4.78, 5) is 38.7. The summed E-state index contributed by atoms with van der Waals surface area (Å²) in [5.74, 6) is -0.590. The number of ether oxygens (including phenoxy) is 2. The van der Waals surface area contributed by atoms with Gasteiger partial charge < -0.3 is 14.8 Å². The van der Waals surface area contributed by atoms with Gasteiger partial charge >= 0.3 is 5.97 Å². The lowest BCUT2D eigenvalue weighted by atomic mass is 10.0. The van der Waals surface area contributed by atoms with E-state index in [0.29, 0.717) is 22.2 Å². The van der Waals surface area contributed by atoms with Crippen molar-refractivity contribution in [3.05, 3.63) is 75.4 Å². The standard InChI is InChI=1S/C24H21N3O5S/c1-4-32-24(30)19-17(14-9-11-15(31-3)12-10-14)13-33-23(19)25-22(29)20-21(28)16-7-5-6-8-18(16)27(2)26-20/h5-13H,4H2,1-3H3,(H,25,29). The number of carbonyl (C=O) groups is 2. The molecule has 4 aromatic rings. The SMILES string of the molecule is CCOC(=O)c1c(-c2ccc(OC)cc2)csc1NC(=O)c1nn(C)c2ccccc2c1=O. The van der Waals surface area contributed by atoms with Crippen molar-refractivity contribution in [3.63, 3.8) is 0 Å². The maximum atomic E-state index is 13.0. The average molecular weight is 464 g/mol. The van der Waals surface area contributed by atoms with Gasteiger partial charge in [-0.25, -0.2) is 4.79 Å². The number of carbonyl (C=O) groups excluding carboxylic acids is 2. The lowest BCUT2D eigenvalue weighted by Crippen LogP contribution is -2.26. The number of anilines is 1. The topological polar surface area (TPSA) is 99.5 Å². The van der Waals surface area contributed by atoms with Gasteiger partial charge in [0, 0.05) is 23.4 Å². The third-order valence-corrected chi connectivity index (χ3v) is 5.97. The van der Waals surface area contributed by atoms with Gasteiger partial charge in [0.2, 0.25) is 5.43 Å². The Morgan fingerprint density at radius 3 is 2.55 bits per heavy atom. The van der Waals surface area contributed by atoms with Crippen LogP contribution in [-0.2, 0) is 11.8 Å². The van der Waals surface area contributed by atoms with Crippen molar-refractivity contribution >= 4 is 39.1 Å². The third-order valence-electron chi connectivity index (χ3n) is 5.08. The molecule has 0 aliphatic heterocycles. The van der Waals surface area contributed by atoms with E-state index < -0.39 is 17.3 Å². The molecule has 8 nitrogen and oxygen atoms in total. The van der Waals surface area contributed by atoms with Gasteiger partial charge in [0.05, 0.1) is 19.2 Å². The molecule has 2 aromatic heterocycles. The Morgan fingerprint density at radius 2 is 1.85 bits per heavy atom. The first-order valence-electron chi connectivity index (χ1n) is 10.1. The van der Waals surface area contributed by atoms with Gasteiger partial charge in [-0.1, -0.05) is 24.3 Å². The lowest BCUT2D eigenvalue weighted by Gasteiger charge is -2.10. The molecule has 0 aliphatic rings. The van der Waals surface area contributed by atoms with Crippen LogP contribution in [0.3, 0.4) is 0 Å². The van der Waals surface area contributed by atoms with E-state index in [4.69, 9.17) is 9.47 Å². The van der Waals surface area contributed by atoms with E-state index in [1.807, 2.05) is 12.1 Å². The van der Waals surface area contributed by atoms with Crippen molar-refractivity contribution in [3.8, 4) is 16.9 Å². The minimum atomic E-state index is -0.699. The van der Waals surface area contributed by atoms with E-state index in [2.05, 4.69) is 10.4 Å². The highest BCUT2D eigenvalue weighted by molar-refractivity contribution is 7.15. The number of rotatable bonds is 6. The van der Waals surface area contributed by atoms with Crippen LogP contribution in [0.25, 0.3) is 22.0 Å². The summed E-state index contributed by atoms with van der Waals surface area (Å²) in [6.07, 6.45) is 0. The minimum absolute atomic E-state index is 0.177. The predicted molar refractivity (Wildman–Crippen MR) is 127 cm³/mol. The monoisotopic (exact) mass is 463 g/mol. The van der Waals surface area contributed by atoms with E-state index >= 15 is 0 Å². The van der Waals surface area contributed by atoms with Crippen molar-refractivity contribution in [2.75, 3.05) is 19.0 Å². The van der Waals surface area contributed by atoms with Crippen LogP contribution >= 0.6 is 11.3 Å². The number of hydrogen-bond donors (Lipinski definition) is 1. The molecule has 2 aromatic carbocycles. The minimum Gasteiger partial charge on any atom is -0.497 e. The molecule has 33 heavy (non-hydrogen) atoms. The van der Waals surface area contributed by atoms with Crippen LogP contribution < -0.4 is 15.5 Å². The van der Waals surface area contributed by atoms with Gasteiger partial charge in [-0.2, -0.15) is 5.10 Å². The molecule has 168 valence electrons. The van der Waals surface area contributed by atoms with Crippen molar-refractivity contribution in [2.45, 2.75) is 6.92 Å². The van der Waals surface area contributed by atoms with Gasteiger partial charge in [-0.05, 0) is 36.8 Å². The molecule has 4 rings (SSSR count). The second kappa shape index (κ2) is 9.25. The summed E-state index contributed by atoms with van der Waals surface area (Å²) in [6, 6.07) is 14.1. The first-order chi connectivity index (χ1) is 15.9. The molecule has 0 aliphatic carbocycles. The van der Waals surface area contributed by atoms with Crippen LogP contribution in [0.2, 0.25) is 0 Å². The van der Waals surface area contributed by atoms with Gasteiger partial charge in [-0.3, -0.25) is 14.3 Å². The number of amides is 1. The van der Waals surface area contributed by atoms with E-state index in [-0.39, 0.29) is 22.9 Å². The summed E-state index contributed by atoms with van der Waals surface area (Å²) >= 11 is 1.17. The zero-order valence-corrected chi connectivity index (χ0v) is 19.1. The smallest absolute Gasteiger partial charge is 0.341 e. The van der Waals surface area contributed by atoms with E-state index in [1.165, 1.54) is 16.0 Å². The fourth-order valence-corrected chi connectivity index (χ4v) is 4.43. The Hall–Kier alpha value is -3.98. The molecule has 0 spiro atoms. The maximum Gasteiger partial charge on any atom is 0.341 e. The summed E-state index contributed by atoms with van der Waals surface area (Å²) < 4.78 is 11.9. The number of aryl methyl sites for hydroxylation is 1. The Morgan fingerprint density at radius 1 is 1.12 bits per heavy atom. The number of fused-ring (bicyclic) bond motifs is 1. The first kappa shape index (κ1) is 22.2. The second-order valence-corrected chi connectivity index (χ2v) is 7.95. The first-order valence-corrected chi connectivity index (χ1v) is 11.0. The van der Waals surface area contributed by atoms with Gasteiger partial charge in [0.1, 0.15) is 16.3 Å². The molecule has 0 radical (unpaired) electrons. The summed E-state index contributed by atoms with van der Waals surface area (Å²) in [7, 11) is 3.23. The van der Waals surface area contributed by atoms with Crippen molar-refractivity contribution in [1.82, 2.24) is 9.78 Å². The maximum absolute atomic E-state index is 13.0. The molecule has 0 bridgehead atoms. The number of nitrogens with one attached hydrogen (secondary N) is 1. The molecule has 9 heteroatoms. The average Bonchev–Trinajstić information content (AvgIpc) is 3.25. The predicted octanol–water partition coefficient (Wildman–Crippen LogP) is 4.10. The van der Waals surface area contributed by atoms with Crippen LogP contribution in [0.1, 0.15) is 27.8 Å². The quantitative estimate of drug-likeness (QED) is 0.432. The number of benzene rings is 2. The number of para-hydroxylation sites is 1. The normalized spacial score (nSPS) is 10.8. The van der Waals surface area contributed by atoms with E-state index in [0.717, 1.165) is 5.56 Å². The Kier molecular flexibility index (Phi) is 6.23. The number of hydrogen-bond acceptors (Lipinski definition) is 7. The summed E-state index contributed by atoms with van der Waals surface area (Å²) in [5, 5.41) is 9.27. The number of thiophene rings is 1. The second-order valence-electron chi connectivity index (χ2n) is 7.08. The molecule has 1 N–H and O–H groups in total. The molecule has 0 saturated heterocycles. The molecule has 1 amide bonds. The van der Waals surface area contributed by atoms with Crippen LogP contribution in [0.5, 0.6) is 5.75 Å². The van der Waals surface area contributed by atoms with Crippen LogP contribution in [0.15, 0.2) is 58.7 Å². The van der Waals surface area contributed by atoms with Crippen LogP contribution in [0.4, 0.5) is 5.00 Å². The fraction of sp³-hybridized carbons (Fsp3) is 0.167. The fourth-order valence-electron chi connectivity index (χ4n) is 3.47. The van der Waals surface area contributed by atoms with E-state index in [1.54, 1.807) is 62.9 Å². The van der Waals surface area contributed by atoms with Crippen molar-refractivity contribution < 1.29 is 19.1 Å². The number of methoxy groups -OCH3 is 1. The number of nitrogens with zero attached hydrogens (tertiary/aromatic N) is 2. The van der Waals surface area contributed by atoms with E-state index in [9.17, 15) is 14.4 Å². The molecule has 2 heterocycles. The third kappa shape index (κ3) is 4.22.